The van der Waals surface area contributed by atoms with Crippen LogP contribution in [0.15, 0.2) is 30.3 Å². The van der Waals surface area contributed by atoms with Gasteiger partial charge in [0, 0.05) is 20.6 Å². The molecule has 0 aromatic heterocycles. The number of hydrogen-bond donors (Lipinski definition) is 1. The van der Waals surface area contributed by atoms with Crippen LogP contribution in [0.5, 0.6) is 0 Å². The fourth-order valence-corrected chi connectivity index (χ4v) is 4.06. The second-order valence-electron chi connectivity index (χ2n) is 6.74. The molecule has 2 rings (SSSR count). The summed E-state index contributed by atoms with van der Waals surface area (Å²) in [5.74, 6) is -0.294. The van der Waals surface area contributed by atoms with Crippen LogP contribution < -0.4 is 9.62 Å². The van der Waals surface area contributed by atoms with E-state index in [-0.39, 0.29) is 12.5 Å². The van der Waals surface area contributed by atoms with Gasteiger partial charge in [-0.1, -0.05) is 24.6 Å². The van der Waals surface area contributed by atoms with Crippen molar-refractivity contribution in [1.29, 1.82) is 0 Å². The lowest BCUT2D eigenvalue weighted by Crippen LogP contribution is -2.46. The Morgan fingerprint density at radius 3 is 2.38 bits per heavy atom. The van der Waals surface area contributed by atoms with Gasteiger partial charge in [-0.15, -0.1) is 0 Å². The molecule has 0 saturated carbocycles. The summed E-state index contributed by atoms with van der Waals surface area (Å²) < 4.78 is 27.4. The number of benzene rings is 1. The number of piperidine rings is 1. The molecule has 0 aliphatic carbocycles. The first-order chi connectivity index (χ1) is 12.4. The highest BCUT2D eigenvalue weighted by Gasteiger charge is 2.26. The topological polar surface area (TPSA) is 73.0 Å². The van der Waals surface area contributed by atoms with E-state index >= 15 is 0 Å². The van der Waals surface area contributed by atoms with E-state index in [1.165, 1.54) is 33.4 Å². The van der Waals surface area contributed by atoms with E-state index in [9.17, 15) is 13.2 Å². The summed E-state index contributed by atoms with van der Waals surface area (Å²) >= 11 is 0. The summed E-state index contributed by atoms with van der Waals surface area (Å²) in [6.07, 6.45) is 4.68. The molecule has 0 radical (unpaired) electrons. The van der Waals surface area contributed by atoms with Crippen molar-refractivity contribution in [3.05, 3.63) is 30.3 Å². The fraction of sp³-hybridized carbons (Fsp3) is 0.611. The molecule has 1 N–H and O–H groups in total. The number of likely N-dealkylation sites (tertiary alicyclic amines) is 1. The molecule has 0 atom stereocenters. The number of para-hydroxylation sites is 1. The largest absolute Gasteiger partial charge is 0.354 e. The van der Waals surface area contributed by atoms with Gasteiger partial charge in [-0.3, -0.25) is 4.79 Å². The SMILES string of the molecule is CN(C)S(=O)(=O)N(CC(=O)NCCCN1CCCCC1)c1ccccc1. The molecule has 0 spiro atoms. The quantitative estimate of drug-likeness (QED) is 0.653. The molecule has 26 heavy (non-hydrogen) atoms. The summed E-state index contributed by atoms with van der Waals surface area (Å²) in [4.78, 5) is 14.7. The van der Waals surface area contributed by atoms with Crippen LogP contribution in [0.1, 0.15) is 25.7 Å². The van der Waals surface area contributed by atoms with Gasteiger partial charge in [-0.2, -0.15) is 12.7 Å². The first-order valence-corrected chi connectivity index (χ1v) is 10.6. The molecule has 1 fully saturated rings. The third kappa shape index (κ3) is 5.96. The van der Waals surface area contributed by atoms with Crippen LogP contribution >= 0.6 is 0 Å². The van der Waals surface area contributed by atoms with E-state index in [2.05, 4.69) is 10.2 Å². The molecule has 1 aliphatic heterocycles. The summed E-state index contributed by atoms with van der Waals surface area (Å²) in [6, 6.07) is 8.69. The van der Waals surface area contributed by atoms with Gasteiger partial charge in [-0.05, 0) is 51.0 Å². The summed E-state index contributed by atoms with van der Waals surface area (Å²) in [5.41, 5.74) is 0.477. The third-order valence-corrected chi connectivity index (χ3v) is 6.31. The van der Waals surface area contributed by atoms with Crippen LogP contribution in [0.2, 0.25) is 0 Å². The zero-order chi connectivity index (χ0) is 19.0. The number of carbonyl (C=O) groups excluding carboxylic acids is 1. The van der Waals surface area contributed by atoms with Crippen LogP contribution in [0.3, 0.4) is 0 Å². The molecule has 0 unspecified atom stereocenters. The molecule has 0 bridgehead atoms. The lowest BCUT2D eigenvalue weighted by atomic mass is 10.1. The maximum absolute atomic E-state index is 12.6. The number of carbonyl (C=O) groups is 1. The molecular formula is C18H30N4O3S. The maximum atomic E-state index is 12.6. The highest BCUT2D eigenvalue weighted by molar-refractivity contribution is 7.90. The van der Waals surface area contributed by atoms with Crippen molar-refractivity contribution in [2.45, 2.75) is 25.7 Å². The Morgan fingerprint density at radius 2 is 1.77 bits per heavy atom. The highest BCUT2D eigenvalue weighted by atomic mass is 32.2. The number of anilines is 1. The average Bonchev–Trinajstić information content (AvgIpc) is 2.64. The van der Waals surface area contributed by atoms with E-state index in [1.807, 2.05) is 6.07 Å². The van der Waals surface area contributed by atoms with Crippen LogP contribution in [-0.2, 0) is 15.0 Å². The minimum Gasteiger partial charge on any atom is -0.354 e. The van der Waals surface area contributed by atoms with Crippen molar-refractivity contribution in [3.8, 4) is 0 Å². The smallest absolute Gasteiger partial charge is 0.304 e. The summed E-state index contributed by atoms with van der Waals surface area (Å²) in [5, 5.41) is 2.84. The zero-order valence-corrected chi connectivity index (χ0v) is 16.5. The number of amides is 1. The van der Waals surface area contributed by atoms with Gasteiger partial charge in [0.05, 0.1) is 5.69 Å². The zero-order valence-electron chi connectivity index (χ0n) is 15.7. The molecule has 1 aromatic rings. The monoisotopic (exact) mass is 382 g/mol. The minimum absolute atomic E-state index is 0.228. The lowest BCUT2D eigenvalue weighted by Gasteiger charge is -2.27. The van der Waals surface area contributed by atoms with Crippen molar-refractivity contribution in [2.75, 3.05) is 51.1 Å². The van der Waals surface area contributed by atoms with Crippen molar-refractivity contribution < 1.29 is 13.2 Å². The van der Waals surface area contributed by atoms with Crippen LogP contribution in [0.25, 0.3) is 0 Å². The Labute approximate surface area is 157 Å². The first kappa shape index (κ1) is 20.7. The number of nitrogens with zero attached hydrogens (tertiary/aromatic N) is 3. The molecule has 1 aromatic carbocycles. The summed E-state index contributed by atoms with van der Waals surface area (Å²) in [6.45, 7) is 3.57. The van der Waals surface area contributed by atoms with Gasteiger partial charge in [0.15, 0.2) is 0 Å². The predicted molar refractivity (Wildman–Crippen MR) is 104 cm³/mol. The second-order valence-corrected chi connectivity index (χ2v) is 8.80. The molecule has 1 heterocycles. The van der Waals surface area contributed by atoms with Crippen LogP contribution in [0, 0.1) is 0 Å². The molecular weight excluding hydrogens is 352 g/mol. The van der Waals surface area contributed by atoms with Gasteiger partial charge in [0.25, 0.3) is 0 Å². The second kappa shape index (κ2) is 9.89. The Balaban J connectivity index is 1.88. The third-order valence-electron chi connectivity index (χ3n) is 4.49. The van der Waals surface area contributed by atoms with Gasteiger partial charge >= 0.3 is 10.2 Å². The number of hydrogen-bond acceptors (Lipinski definition) is 4. The highest BCUT2D eigenvalue weighted by Crippen LogP contribution is 2.18. The molecule has 146 valence electrons. The van der Waals surface area contributed by atoms with E-state index in [1.54, 1.807) is 24.3 Å². The van der Waals surface area contributed by atoms with E-state index in [0.29, 0.717) is 12.2 Å². The van der Waals surface area contributed by atoms with Crippen molar-refractivity contribution in [3.63, 3.8) is 0 Å². The minimum atomic E-state index is -3.74. The van der Waals surface area contributed by atoms with Gasteiger partial charge in [-0.25, -0.2) is 4.31 Å². The molecule has 7 nitrogen and oxygen atoms in total. The molecule has 1 saturated heterocycles. The van der Waals surface area contributed by atoms with Gasteiger partial charge in [0.2, 0.25) is 5.91 Å². The molecule has 8 heteroatoms. The van der Waals surface area contributed by atoms with Gasteiger partial charge < -0.3 is 10.2 Å². The predicted octanol–water partition coefficient (Wildman–Crippen LogP) is 1.29. The van der Waals surface area contributed by atoms with Gasteiger partial charge in [0.1, 0.15) is 6.54 Å². The normalized spacial score (nSPS) is 15.8. The average molecular weight is 383 g/mol. The Bertz CT molecular complexity index is 658. The standard InChI is InChI=1S/C18H30N4O3S/c1-20(2)26(24,25)22(17-10-5-3-6-11-17)16-18(23)19-12-9-15-21-13-7-4-8-14-21/h3,5-6,10-11H,4,7-9,12-16H2,1-2H3,(H,19,23). The van der Waals surface area contributed by atoms with E-state index in [0.717, 1.165) is 34.7 Å². The summed E-state index contributed by atoms with van der Waals surface area (Å²) in [7, 11) is -0.817. The molecule has 1 aliphatic rings. The Morgan fingerprint density at radius 1 is 1.12 bits per heavy atom. The Hall–Kier alpha value is -1.64. The Kier molecular flexibility index (Phi) is 7.86. The lowest BCUT2D eigenvalue weighted by molar-refractivity contribution is -0.119. The van der Waals surface area contributed by atoms with E-state index < -0.39 is 10.2 Å². The number of rotatable bonds is 9. The molecule has 1 amide bonds. The maximum Gasteiger partial charge on any atom is 0.304 e. The van der Waals surface area contributed by atoms with E-state index in [4.69, 9.17) is 0 Å². The van der Waals surface area contributed by atoms with Crippen LogP contribution in [-0.4, -0.2) is 70.3 Å². The first-order valence-electron chi connectivity index (χ1n) is 9.15. The van der Waals surface area contributed by atoms with Crippen molar-refractivity contribution >= 4 is 21.8 Å². The van der Waals surface area contributed by atoms with Crippen molar-refractivity contribution in [1.82, 2.24) is 14.5 Å². The van der Waals surface area contributed by atoms with Crippen molar-refractivity contribution in [2.24, 2.45) is 0 Å². The number of nitrogens with one attached hydrogen (secondary N) is 1. The van der Waals surface area contributed by atoms with Crippen LogP contribution in [0.4, 0.5) is 5.69 Å². The fourth-order valence-electron chi connectivity index (χ4n) is 3.00.